The van der Waals surface area contributed by atoms with E-state index in [1.165, 1.54) is 5.57 Å². The number of allylic oxidation sites excluding steroid dienone is 4. The Bertz CT molecular complexity index is 201. The summed E-state index contributed by atoms with van der Waals surface area (Å²) < 4.78 is 13.0. The van der Waals surface area contributed by atoms with Crippen molar-refractivity contribution in [1.29, 1.82) is 0 Å². The summed E-state index contributed by atoms with van der Waals surface area (Å²) in [5.41, 5.74) is 1.28. The summed E-state index contributed by atoms with van der Waals surface area (Å²) in [5.74, 6) is 0.716. The van der Waals surface area contributed by atoms with E-state index in [4.69, 9.17) is 0 Å². The van der Waals surface area contributed by atoms with E-state index in [0.29, 0.717) is 5.92 Å². The Kier molecular flexibility index (Phi) is 3.07. The first kappa shape index (κ1) is 9.50. The van der Waals surface area contributed by atoms with Gasteiger partial charge in [0, 0.05) is 5.92 Å². The Morgan fingerprint density at radius 1 is 1.50 bits per heavy atom. The van der Waals surface area contributed by atoms with E-state index in [2.05, 4.69) is 13.8 Å². The van der Waals surface area contributed by atoms with Crippen LogP contribution < -0.4 is 0 Å². The van der Waals surface area contributed by atoms with Crippen LogP contribution in [-0.2, 0) is 0 Å². The molecule has 68 valence electrons. The fourth-order valence-corrected chi connectivity index (χ4v) is 1.48. The van der Waals surface area contributed by atoms with Crippen LogP contribution in [0.3, 0.4) is 0 Å². The largest absolute Gasteiger partial charge is 0.242 e. The highest BCUT2D eigenvalue weighted by Gasteiger charge is 2.15. The maximum atomic E-state index is 13.0. The Morgan fingerprint density at radius 3 is 2.67 bits per heavy atom. The fourth-order valence-electron chi connectivity index (χ4n) is 1.48. The topological polar surface area (TPSA) is 0 Å². The van der Waals surface area contributed by atoms with Gasteiger partial charge in [-0.2, -0.15) is 0 Å². The van der Waals surface area contributed by atoms with E-state index in [0.717, 1.165) is 6.42 Å². The van der Waals surface area contributed by atoms with Crippen LogP contribution in [-0.4, -0.2) is 6.17 Å². The summed E-state index contributed by atoms with van der Waals surface area (Å²) in [7, 11) is 0. The monoisotopic (exact) mass is 168 g/mol. The normalized spacial score (nSPS) is 29.2. The molecule has 0 aromatic heterocycles. The number of hydrogen-bond acceptors (Lipinski definition) is 0. The summed E-state index contributed by atoms with van der Waals surface area (Å²) in [6, 6.07) is 0. The maximum Gasteiger partial charge on any atom is 0.125 e. The average Bonchev–Trinajstić information content (AvgIpc) is 1.96. The van der Waals surface area contributed by atoms with E-state index < -0.39 is 6.17 Å². The molecule has 0 radical (unpaired) electrons. The molecule has 1 aliphatic rings. The molecular weight excluding hydrogens is 151 g/mol. The van der Waals surface area contributed by atoms with E-state index >= 15 is 0 Å². The van der Waals surface area contributed by atoms with Gasteiger partial charge in [0.15, 0.2) is 0 Å². The molecule has 0 aliphatic heterocycles. The summed E-state index contributed by atoms with van der Waals surface area (Å²) in [4.78, 5) is 0. The van der Waals surface area contributed by atoms with Crippen LogP contribution in [0.1, 0.15) is 27.2 Å². The minimum atomic E-state index is -0.777. The van der Waals surface area contributed by atoms with E-state index in [1.807, 2.05) is 19.1 Å². The molecule has 0 heterocycles. The SMILES string of the molecule is CC(C)CC1=CC(C)C(F)C=C1. The first-order valence-corrected chi connectivity index (χ1v) is 4.62. The van der Waals surface area contributed by atoms with E-state index in [9.17, 15) is 4.39 Å². The molecule has 0 N–H and O–H groups in total. The van der Waals surface area contributed by atoms with Crippen molar-refractivity contribution in [3.05, 3.63) is 23.8 Å². The van der Waals surface area contributed by atoms with Gasteiger partial charge < -0.3 is 0 Å². The second kappa shape index (κ2) is 3.88. The summed E-state index contributed by atoms with van der Waals surface area (Å²) in [6.07, 6.45) is 5.92. The maximum absolute atomic E-state index is 13.0. The van der Waals surface area contributed by atoms with Gasteiger partial charge in [0.1, 0.15) is 6.17 Å². The predicted octanol–water partition coefficient (Wildman–Crippen LogP) is 3.50. The zero-order valence-electron chi connectivity index (χ0n) is 8.05. The van der Waals surface area contributed by atoms with Crippen LogP contribution in [0.25, 0.3) is 0 Å². The molecule has 0 fully saturated rings. The van der Waals surface area contributed by atoms with Crippen molar-refractivity contribution < 1.29 is 4.39 Å². The van der Waals surface area contributed by atoms with Crippen molar-refractivity contribution >= 4 is 0 Å². The minimum absolute atomic E-state index is 0.0590. The van der Waals surface area contributed by atoms with Crippen LogP contribution in [0, 0.1) is 11.8 Å². The lowest BCUT2D eigenvalue weighted by Gasteiger charge is -2.17. The predicted molar refractivity (Wildman–Crippen MR) is 50.7 cm³/mol. The Labute approximate surface area is 74.2 Å². The van der Waals surface area contributed by atoms with Gasteiger partial charge in [-0.15, -0.1) is 0 Å². The molecule has 1 rings (SSSR count). The van der Waals surface area contributed by atoms with Gasteiger partial charge in [-0.25, -0.2) is 4.39 Å². The lowest BCUT2D eigenvalue weighted by atomic mass is 9.92. The molecule has 0 nitrogen and oxygen atoms in total. The third kappa shape index (κ3) is 2.47. The summed E-state index contributed by atoms with van der Waals surface area (Å²) >= 11 is 0. The molecular formula is C11H17F. The smallest absolute Gasteiger partial charge is 0.125 e. The molecule has 12 heavy (non-hydrogen) atoms. The van der Waals surface area contributed by atoms with E-state index in [1.54, 1.807) is 6.08 Å². The van der Waals surface area contributed by atoms with Gasteiger partial charge in [0.25, 0.3) is 0 Å². The molecule has 0 bridgehead atoms. The van der Waals surface area contributed by atoms with Crippen molar-refractivity contribution in [1.82, 2.24) is 0 Å². The molecule has 0 aromatic rings. The lowest BCUT2D eigenvalue weighted by molar-refractivity contribution is 0.331. The van der Waals surface area contributed by atoms with Crippen LogP contribution in [0.15, 0.2) is 23.8 Å². The molecule has 0 saturated heterocycles. The zero-order chi connectivity index (χ0) is 9.14. The molecule has 1 heteroatoms. The van der Waals surface area contributed by atoms with Gasteiger partial charge in [-0.1, -0.05) is 38.5 Å². The second-order valence-corrected chi connectivity index (χ2v) is 4.00. The first-order valence-electron chi connectivity index (χ1n) is 4.62. The quantitative estimate of drug-likeness (QED) is 0.592. The standard InChI is InChI=1S/C11H17F/c1-8(2)6-10-4-5-11(12)9(3)7-10/h4-5,7-9,11H,6H2,1-3H3. The zero-order valence-corrected chi connectivity index (χ0v) is 8.05. The highest BCUT2D eigenvalue weighted by Crippen LogP contribution is 2.23. The lowest BCUT2D eigenvalue weighted by Crippen LogP contribution is -2.11. The molecule has 0 spiro atoms. The number of alkyl halides is 1. The van der Waals surface area contributed by atoms with Crippen LogP contribution in [0.5, 0.6) is 0 Å². The van der Waals surface area contributed by atoms with E-state index in [-0.39, 0.29) is 5.92 Å². The van der Waals surface area contributed by atoms with Gasteiger partial charge in [-0.05, 0) is 18.4 Å². The fraction of sp³-hybridized carbons (Fsp3) is 0.636. The number of rotatable bonds is 2. The average molecular weight is 168 g/mol. The van der Waals surface area contributed by atoms with Gasteiger partial charge in [0.2, 0.25) is 0 Å². The third-order valence-electron chi connectivity index (χ3n) is 2.12. The second-order valence-electron chi connectivity index (χ2n) is 4.00. The summed E-state index contributed by atoms with van der Waals surface area (Å²) in [5, 5.41) is 0. The van der Waals surface area contributed by atoms with Crippen molar-refractivity contribution in [2.75, 3.05) is 0 Å². The first-order chi connectivity index (χ1) is 5.59. The molecule has 0 saturated carbocycles. The van der Waals surface area contributed by atoms with Crippen LogP contribution >= 0.6 is 0 Å². The van der Waals surface area contributed by atoms with Gasteiger partial charge >= 0.3 is 0 Å². The highest BCUT2D eigenvalue weighted by atomic mass is 19.1. The number of halogens is 1. The minimum Gasteiger partial charge on any atom is -0.242 e. The third-order valence-corrected chi connectivity index (χ3v) is 2.12. The molecule has 2 unspecified atom stereocenters. The van der Waals surface area contributed by atoms with Crippen LogP contribution in [0.4, 0.5) is 4.39 Å². The van der Waals surface area contributed by atoms with Crippen molar-refractivity contribution in [2.24, 2.45) is 11.8 Å². The number of hydrogen-bond donors (Lipinski definition) is 0. The van der Waals surface area contributed by atoms with Crippen molar-refractivity contribution in [3.8, 4) is 0 Å². The van der Waals surface area contributed by atoms with Gasteiger partial charge in [0.05, 0.1) is 0 Å². The summed E-state index contributed by atoms with van der Waals surface area (Å²) in [6.45, 7) is 6.29. The van der Waals surface area contributed by atoms with Gasteiger partial charge in [-0.3, -0.25) is 0 Å². The Hall–Kier alpha value is -0.590. The van der Waals surface area contributed by atoms with Crippen LogP contribution in [0.2, 0.25) is 0 Å². The molecule has 2 atom stereocenters. The molecule has 0 aromatic carbocycles. The Balaban J connectivity index is 2.57. The molecule has 1 aliphatic carbocycles. The molecule has 0 amide bonds. The highest BCUT2D eigenvalue weighted by molar-refractivity contribution is 5.26. The van der Waals surface area contributed by atoms with Crippen molar-refractivity contribution in [2.45, 2.75) is 33.4 Å². The Morgan fingerprint density at radius 2 is 2.17 bits per heavy atom. The van der Waals surface area contributed by atoms with Crippen molar-refractivity contribution in [3.63, 3.8) is 0 Å².